The zero-order valence-electron chi connectivity index (χ0n) is 10.9. The fraction of sp³-hybridized carbons (Fsp3) is 0.267. The smallest absolute Gasteiger partial charge is 0.137 e. The molecule has 1 aromatic carbocycles. The van der Waals surface area contributed by atoms with Crippen molar-refractivity contribution in [1.29, 1.82) is 0 Å². The van der Waals surface area contributed by atoms with Crippen LogP contribution in [0.15, 0.2) is 48.7 Å². The van der Waals surface area contributed by atoms with Crippen LogP contribution in [-0.4, -0.2) is 29.8 Å². The van der Waals surface area contributed by atoms with E-state index in [1.165, 1.54) is 5.56 Å². The van der Waals surface area contributed by atoms with Crippen molar-refractivity contribution >= 4 is 5.82 Å². The lowest BCUT2D eigenvalue weighted by molar-refractivity contribution is 0.273. The number of aliphatic hydroxyl groups is 1. The van der Waals surface area contributed by atoms with E-state index in [0.717, 1.165) is 12.2 Å². The monoisotopic (exact) mass is 258 g/mol. The molecule has 0 amide bonds. The maximum atomic E-state index is 9.43. The zero-order chi connectivity index (χ0) is 13.5. The van der Waals surface area contributed by atoms with Crippen LogP contribution in [-0.2, 0) is 6.42 Å². The van der Waals surface area contributed by atoms with Crippen molar-refractivity contribution in [3.05, 3.63) is 54.2 Å². The van der Waals surface area contributed by atoms with Crippen LogP contribution < -0.4 is 10.1 Å². The van der Waals surface area contributed by atoms with Crippen LogP contribution >= 0.6 is 0 Å². The maximum Gasteiger partial charge on any atom is 0.137 e. The van der Waals surface area contributed by atoms with Crippen LogP contribution in [0.2, 0.25) is 0 Å². The van der Waals surface area contributed by atoms with E-state index in [1.807, 2.05) is 42.5 Å². The van der Waals surface area contributed by atoms with Gasteiger partial charge in [-0.05, 0) is 24.1 Å². The Bertz CT molecular complexity index is 485. The van der Waals surface area contributed by atoms with Gasteiger partial charge in [-0.3, -0.25) is 0 Å². The van der Waals surface area contributed by atoms with Crippen LogP contribution in [0.1, 0.15) is 5.56 Å². The number of benzene rings is 1. The van der Waals surface area contributed by atoms with Gasteiger partial charge in [-0.15, -0.1) is 0 Å². The van der Waals surface area contributed by atoms with Crippen LogP contribution in [0.25, 0.3) is 0 Å². The Morgan fingerprint density at radius 3 is 2.58 bits per heavy atom. The van der Waals surface area contributed by atoms with E-state index in [9.17, 15) is 5.11 Å². The first-order valence-corrected chi connectivity index (χ1v) is 6.23. The van der Waals surface area contributed by atoms with E-state index < -0.39 is 0 Å². The fourth-order valence-electron chi connectivity index (χ4n) is 1.86. The summed E-state index contributed by atoms with van der Waals surface area (Å²) in [7, 11) is 1.61. The Hall–Kier alpha value is -2.07. The molecule has 1 aromatic heterocycles. The number of methoxy groups -OCH3 is 1. The molecule has 2 aromatic rings. The molecule has 0 spiro atoms. The molecule has 0 aliphatic carbocycles. The third kappa shape index (κ3) is 3.96. The molecule has 0 saturated heterocycles. The minimum Gasteiger partial charge on any atom is -0.495 e. The van der Waals surface area contributed by atoms with E-state index >= 15 is 0 Å². The summed E-state index contributed by atoms with van der Waals surface area (Å²) in [6, 6.07) is 13.7. The minimum absolute atomic E-state index is 0.0525. The van der Waals surface area contributed by atoms with Crippen LogP contribution in [0.5, 0.6) is 5.75 Å². The molecule has 0 bridgehead atoms. The summed E-state index contributed by atoms with van der Waals surface area (Å²) in [5, 5.41) is 12.6. The van der Waals surface area contributed by atoms with Crippen LogP contribution in [0.3, 0.4) is 0 Å². The van der Waals surface area contributed by atoms with Gasteiger partial charge in [0.25, 0.3) is 0 Å². The third-order valence-electron chi connectivity index (χ3n) is 2.87. The first kappa shape index (κ1) is 13.4. The first-order chi connectivity index (χ1) is 9.31. The number of aliphatic hydroxyl groups excluding tert-OH is 1. The molecule has 100 valence electrons. The summed E-state index contributed by atoms with van der Waals surface area (Å²) in [6.45, 7) is 0.0581. The highest BCUT2D eigenvalue weighted by Gasteiger charge is 2.08. The van der Waals surface area contributed by atoms with E-state index in [4.69, 9.17) is 4.74 Å². The van der Waals surface area contributed by atoms with Crippen molar-refractivity contribution in [3.63, 3.8) is 0 Å². The van der Waals surface area contributed by atoms with Gasteiger partial charge in [-0.25, -0.2) is 4.98 Å². The van der Waals surface area contributed by atoms with Crippen molar-refractivity contribution in [2.24, 2.45) is 0 Å². The molecule has 4 nitrogen and oxygen atoms in total. The molecule has 1 unspecified atom stereocenters. The highest BCUT2D eigenvalue weighted by atomic mass is 16.5. The Labute approximate surface area is 113 Å². The summed E-state index contributed by atoms with van der Waals surface area (Å²) >= 11 is 0. The molecule has 0 saturated carbocycles. The average Bonchev–Trinajstić information content (AvgIpc) is 2.48. The topological polar surface area (TPSA) is 54.4 Å². The van der Waals surface area contributed by atoms with Crippen molar-refractivity contribution < 1.29 is 9.84 Å². The lowest BCUT2D eigenvalue weighted by atomic mass is 10.1. The molecule has 0 aliphatic heterocycles. The lowest BCUT2D eigenvalue weighted by Gasteiger charge is -2.17. The summed E-state index contributed by atoms with van der Waals surface area (Å²) in [6.07, 6.45) is 2.41. The Balaban J connectivity index is 1.98. The number of pyridine rings is 1. The molecule has 1 atom stereocenters. The Morgan fingerprint density at radius 2 is 2.00 bits per heavy atom. The van der Waals surface area contributed by atoms with Crippen molar-refractivity contribution in [2.45, 2.75) is 12.5 Å². The van der Waals surface area contributed by atoms with E-state index in [2.05, 4.69) is 10.3 Å². The van der Waals surface area contributed by atoms with Crippen LogP contribution in [0, 0.1) is 0 Å². The van der Waals surface area contributed by atoms with Crippen molar-refractivity contribution in [3.8, 4) is 5.75 Å². The predicted octanol–water partition coefficient (Wildman–Crippen LogP) is 2.11. The second kappa shape index (κ2) is 6.75. The van der Waals surface area contributed by atoms with Gasteiger partial charge >= 0.3 is 0 Å². The molecular weight excluding hydrogens is 240 g/mol. The number of ether oxygens (including phenoxy) is 1. The standard InChI is InChI=1S/C15H18N2O2/c1-19-14-7-8-15(16-10-14)17-13(11-18)9-12-5-3-2-4-6-12/h2-8,10,13,18H,9,11H2,1H3,(H,16,17). The largest absolute Gasteiger partial charge is 0.495 e. The number of hydrogen-bond acceptors (Lipinski definition) is 4. The predicted molar refractivity (Wildman–Crippen MR) is 75.4 cm³/mol. The molecule has 1 heterocycles. The molecule has 2 N–H and O–H groups in total. The van der Waals surface area contributed by atoms with Gasteiger partial charge in [-0.1, -0.05) is 30.3 Å². The van der Waals surface area contributed by atoms with E-state index in [-0.39, 0.29) is 12.6 Å². The van der Waals surface area contributed by atoms with E-state index in [1.54, 1.807) is 13.3 Å². The number of nitrogens with one attached hydrogen (secondary N) is 1. The molecule has 19 heavy (non-hydrogen) atoms. The minimum atomic E-state index is -0.0525. The highest BCUT2D eigenvalue weighted by molar-refractivity contribution is 5.39. The van der Waals surface area contributed by atoms with Crippen molar-refractivity contribution in [2.75, 3.05) is 19.0 Å². The quantitative estimate of drug-likeness (QED) is 0.833. The SMILES string of the molecule is COc1ccc(NC(CO)Cc2ccccc2)nc1. The molecular formula is C15H18N2O2. The number of anilines is 1. The van der Waals surface area contributed by atoms with Crippen LogP contribution in [0.4, 0.5) is 5.82 Å². The second-order valence-electron chi connectivity index (χ2n) is 4.30. The maximum absolute atomic E-state index is 9.43. The Morgan fingerprint density at radius 1 is 1.21 bits per heavy atom. The van der Waals surface area contributed by atoms with E-state index in [0.29, 0.717) is 5.75 Å². The molecule has 0 fully saturated rings. The zero-order valence-corrected chi connectivity index (χ0v) is 10.9. The summed E-state index contributed by atoms with van der Waals surface area (Å²) in [5.74, 6) is 1.45. The fourth-order valence-corrected chi connectivity index (χ4v) is 1.86. The van der Waals surface area contributed by atoms with Gasteiger partial charge in [0.05, 0.1) is 26.0 Å². The van der Waals surface area contributed by atoms with Gasteiger partial charge in [0, 0.05) is 0 Å². The molecule has 2 rings (SSSR count). The first-order valence-electron chi connectivity index (χ1n) is 6.23. The number of hydrogen-bond donors (Lipinski definition) is 2. The molecule has 4 heteroatoms. The normalized spacial score (nSPS) is 11.9. The van der Waals surface area contributed by atoms with Gasteiger partial charge in [0.1, 0.15) is 11.6 Å². The number of aromatic nitrogens is 1. The molecule has 0 aliphatic rings. The summed E-state index contributed by atoms with van der Waals surface area (Å²) < 4.78 is 5.06. The highest BCUT2D eigenvalue weighted by Crippen LogP contribution is 2.13. The number of rotatable bonds is 6. The summed E-state index contributed by atoms with van der Waals surface area (Å²) in [5.41, 5.74) is 1.18. The van der Waals surface area contributed by atoms with Gasteiger partial charge in [-0.2, -0.15) is 0 Å². The van der Waals surface area contributed by atoms with Gasteiger partial charge < -0.3 is 15.2 Å². The third-order valence-corrected chi connectivity index (χ3v) is 2.87. The average molecular weight is 258 g/mol. The lowest BCUT2D eigenvalue weighted by Crippen LogP contribution is -2.26. The second-order valence-corrected chi connectivity index (χ2v) is 4.30. The van der Waals surface area contributed by atoms with Crippen molar-refractivity contribution in [1.82, 2.24) is 4.98 Å². The summed E-state index contributed by atoms with van der Waals surface area (Å²) in [4.78, 5) is 4.23. The Kier molecular flexibility index (Phi) is 4.75. The van der Waals surface area contributed by atoms with Gasteiger partial charge in [0.15, 0.2) is 0 Å². The van der Waals surface area contributed by atoms with Gasteiger partial charge in [0.2, 0.25) is 0 Å². The number of nitrogens with zero attached hydrogens (tertiary/aromatic N) is 1. The molecule has 0 radical (unpaired) electrons.